The SMILES string of the molecule is C=C(CCC(=O)OC(=O)Cc1ccccc1Br)C(=O)O. The number of carbonyl (C=O) groups is 3. The van der Waals surface area contributed by atoms with Crippen LogP contribution in [0.1, 0.15) is 18.4 Å². The van der Waals surface area contributed by atoms with E-state index in [4.69, 9.17) is 5.11 Å². The summed E-state index contributed by atoms with van der Waals surface area (Å²) in [6.45, 7) is 3.29. The Morgan fingerprint density at radius 2 is 1.80 bits per heavy atom. The number of ether oxygens (including phenoxy) is 1. The van der Waals surface area contributed by atoms with E-state index in [-0.39, 0.29) is 24.8 Å². The first kappa shape index (κ1) is 16.1. The molecule has 1 aromatic rings. The number of carboxylic acid groups (broad SMARTS) is 1. The van der Waals surface area contributed by atoms with Crippen LogP contribution in [0.25, 0.3) is 0 Å². The smallest absolute Gasteiger partial charge is 0.330 e. The van der Waals surface area contributed by atoms with Gasteiger partial charge in [-0.15, -0.1) is 0 Å². The van der Waals surface area contributed by atoms with Crippen molar-refractivity contribution < 1.29 is 24.2 Å². The number of esters is 2. The zero-order valence-corrected chi connectivity index (χ0v) is 12.2. The van der Waals surface area contributed by atoms with Crippen LogP contribution in [0.4, 0.5) is 0 Å². The van der Waals surface area contributed by atoms with Crippen molar-refractivity contribution in [1.82, 2.24) is 0 Å². The lowest BCUT2D eigenvalue weighted by molar-refractivity contribution is -0.159. The Balaban J connectivity index is 2.43. The third-order valence-corrected chi connectivity index (χ3v) is 3.23. The van der Waals surface area contributed by atoms with E-state index in [1.807, 2.05) is 6.07 Å². The molecule has 0 aromatic heterocycles. The highest BCUT2D eigenvalue weighted by molar-refractivity contribution is 9.10. The quantitative estimate of drug-likeness (QED) is 0.488. The van der Waals surface area contributed by atoms with Gasteiger partial charge in [-0.25, -0.2) is 4.79 Å². The zero-order chi connectivity index (χ0) is 15.1. The first-order valence-corrected chi connectivity index (χ1v) is 6.57. The van der Waals surface area contributed by atoms with Crippen LogP contribution in [0.2, 0.25) is 0 Å². The van der Waals surface area contributed by atoms with Gasteiger partial charge < -0.3 is 9.84 Å². The molecule has 0 aliphatic carbocycles. The maximum atomic E-state index is 11.6. The van der Waals surface area contributed by atoms with Gasteiger partial charge in [-0.2, -0.15) is 0 Å². The minimum Gasteiger partial charge on any atom is -0.478 e. The van der Waals surface area contributed by atoms with Gasteiger partial charge >= 0.3 is 17.9 Å². The van der Waals surface area contributed by atoms with E-state index < -0.39 is 17.9 Å². The Bertz CT molecular complexity index is 550. The maximum Gasteiger partial charge on any atom is 0.330 e. The molecule has 0 aliphatic rings. The summed E-state index contributed by atoms with van der Waals surface area (Å²) in [6.07, 6.45) is -0.268. The molecule has 0 bridgehead atoms. The van der Waals surface area contributed by atoms with Crippen LogP contribution in [0.3, 0.4) is 0 Å². The van der Waals surface area contributed by atoms with Crippen LogP contribution in [0.15, 0.2) is 40.9 Å². The van der Waals surface area contributed by atoms with Gasteiger partial charge in [0.1, 0.15) is 0 Å². The van der Waals surface area contributed by atoms with E-state index >= 15 is 0 Å². The third kappa shape index (κ3) is 5.36. The van der Waals surface area contributed by atoms with Crippen LogP contribution in [0.5, 0.6) is 0 Å². The first-order valence-electron chi connectivity index (χ1n) is 5.78. The predicted octanol–water partition coefficient (Wildman–Crippen LogP) is 2.48. The predicted molar refractivity (Wildman–Crippen MR) is 75.0 cm³/mol. The summed E-state index contributed by atoms with van der Waals surface area (Å²) in [5.41, 5.74) is 0.612. The fraction of sp³-hybridized carbons (Fsp3) is 0.214. The molecular formula is C14H13BrO5. The number of benzene rings is 1. The van der Waals surface area contributed by atoms with Crippen LogP contribution >= 0.6 is 15.9 Å². The Labute approximate surface area is 124 Å². The standard InChI is InChI=1S/C14H13BrO5/c1-9(14(18)19)6-7-12(16)20-13(17)8-10-4-2-3-5-11(10)15/h2-5H,1,6-8H2,(H,18,19). The van der Waals surface area contributed by atoms with Crippen LogP contribution in [-0.2, 0) is 25.5 Å². The lowest BCUT2D eigenvalue weighted by atomic mass is 10.1. The highest BCUT2D eigenvalue weighted by Crippen LogP contribution is 2.16. The molecule has 0 amide bonds. The third-order valence-electron chi connectivity index (χ3n) is 2.45. The van der Waals surface area contributed by atoms with Gasteiger partial charge in [0.05, 0.1) is 12.8 Å². The van der Waals surface area contributed by atoms with Crippen molar-refractivity contribution in [3.8, 4) is 0 Å². The molecule has 106 valence electrons. The minimum absolute atomic E-state index is 0.0347. The average Bonchev–Trinajstić information content (AvgIpc) is 2.38. The van der Waals surface area contributed by atoms with Gasteiger partial charge in [0.2, 0.25) is 0 Å². The molecule has 5 nitrogen and oxygen atoms in total. The van der Waals surface area contributed by atoms with Crippen molar-refractivity contribution in [1.29, 1.82) is 0 Å². The molecule has 0 aliphatic heterocycles. The van der Waals surface area contributed by atoms with Gasteiger partial charge in [-0.3, -0.25) is 9.59 Å². The van der Waals surface area contributed by atoms with Gasteiger partial charge in [-0.05, 0) is 18.1 Å². The number of halogens is 1. The molecular weight excluding hydrogens is 328 g/mol. The Hall–Kier alpha value is -1.95. The molecule has 0 atom stereocenters. The summed E-state index contributed by atoms with van der Waals surface area (Å²) >= 11 is 3.29. The Morgan fingerprint density at radius 3 is 2.40 bits per heavy atom. The van der Waals surface area contributed by atoms with E-state index in [0.717, 1.165) is 4.47 Å². The molecule has 0 heterocycles. The van der Waals surface area contributed by atoms with E-state index in [9.17, 15) is 14.4 Å². The largest absolute Gasteiger partial charge is 0.478 e. The summed E-state index contributed by atoms with van der Waals surface area (Å²) in [6, 6.07) is 7.09. The summed E-state index contributed by atoms with van der Waals surface area (Å²) < 4.78 is 5.36. The summed E-state index contributed by atoms with van der Waals surface area (Å²) in [7, 11) is 0. The number of hydrogen-bond donors (Lipinski definition) is 1. The van der Waals surface area contributed by atoms with Crippen molar-refractivity contribution in [2.75, 3.05) is 0 Å². The van der Waals surface area contributed by atoms with Crippen LogP contribution in [0, 0.1) is 0 Å². The number of hydrogen-bond acceptors (Lipinski definition) is 4. The summed E-state index contributed by atoms with van der Waals surface area (Å²) in [4.78, 5) is 33.4. The second kappa shape index (κ2) is 7.59. The van der Waals surface area contributed by atoms with Gasteiger partial charge in [0, 0.05) is 10.0 Å². The highest BCUT2D eigenvalue weighted by Gasteiger charge is 2.14. The first-order chi connectivity index (χ1) is 9.40. The monoisotopic (exact) mass is 340 g/mol. The summed E-state index contributed by atoms with van der Waals surface area (Å²) in [5.74, 6) is -2.61. The highest BCUT2D eigenvalue weighted by atomic mass is 79.9. The minimum atomic E-state index is -1.17. The molecule has 0 unspecified atom stereocenters. The lowest BCUT2D eigenvalue weighted by Crippen LogP contribution is -2.15. The average molecular weight is 341 g/mol. The van der Waals surface area contributed by atoms with E-state index in [0.29, 0.717) is 5.56 Å². The van der Waals surface area contributed by atoms with Crippen LogP contribution in [-0.4, -0.2) is 23.0 Å². The van der Waals surface area contributed by atoms with Crippen molar-refractivity contribution in [3.63, 3.8) is 0 Å². The Morgan fingerprint density at radius 1 is 1.15 bits per heavy atom. The molecule has 0 saturated carbocycles. The van der Waals surface area contributed by atoms with E-state index in [1.165, 1.54) is 0 Å². The molecule has 0 fully saturated rings. The topological polar surface area (TPSA) is 80.7 Å². The molecule has 0 radical (unpaired) electrons. The molecule has 6 heteroatoms. The van der Waals surface area contributed by atoms with Gasteiger partial charge in [0.15, 0.2) is 0 Å². The molecule has 1 aromatic carbocycles. The van der Waals surface area contributed by atoms with Gasteiger partial charge in [0.25, 0.3) is 0 Å². The number of aliphatic carboxylic acids is 1. The molecule has 1 N–H and O–H groups in total. The molecule has 1 rings (SSSR count). The Kier molecular flexibility index (Phi) is 6.11. The number of rotatable bonds is 6. The van der Waals surface area contributed by atoms with Crippen molar-refractivity contribution >= 4 is 33.8 Å². The number of carbonyl (C=O) groups excluding carboxylic acids is 2. The molecule has 0 spiro atoms. The zero-order valence-electron chi connectivity index (χ0n) is 10.6. The normalized spacial score (nSPS) is 9.85. The maximum absolute atomic E-state index is 11.6. The van der Waals surface area contributed by atoms with E-state index in [1.54, 1.807) is 18.2 Å². The van der Waals surface area contributed by atoms with Crippen molar-refractivity contribution in [3.05, 3.63) is 46.5 Å². The fourth-order valence-corrected chi connectivity index (χ4v) is 1.80. The van der Waals surface area contributed by atoms with Crippen molar-refractivity contribution in [2.24, 2.45) is 0 Å². The van der Waals surface area contributed by atoms with Crippen molar-refractivity contribution in [2.45, 2.75) is 19.3 Å². The fourth-order valence-electron chi connectivity index (χ4n) is 1.37. The number of carboxylic acids is 1. The second-order valence-corrected chi connectivity index (χ2v) is 4.88. The lowest BCUT2D eigenvalue weighted by Gasteiger charge is -2.05. The van der Waals surface area contributed by atoms with Crippen LogP contribution < -0.4 is 0 Å². The second-order valence-electron chi connectivity index (χ2n) is 4.02. The van der Waals surface area contributed by atoms with E-state index in [2.05, 4.69) is 27.2 Å². The van der Waals surface area contributed by atoms with Gasteiger partial charge in [-0.1, -0.05) is 40.7 Å². The summed E-state index contributed by atoms with van der Waals surface area (Å²) in [5, 5.41) is 8.58. The molecule has 0 saturated heterocycles. The molecule has 20 heavy (non-hydrogen) atoms.